The van der Waals surface area contributed by atoms with Gasteiger partial charge in [-0.25, -0.2) is 4.68 Å². The van der Waals surface area contributed by atoms with Crippen LogP contribution < -0.4 is 0 Å². The Bertz CT molecular complexity index is 1210. The third kappa shape index (κ3) is 3.11. The first-order chi connectivity index (χ1) is 13.7. The number of rotatable bonds is 3. The lowest BCUT2D eigenvalue weighted by Crippen LogP contribution is -2.15. The van der Waals surface area contributed by atoms with Gasteiger partial charge in [-0.3, -0.25) is 4.90 Å². The van der Waals surface area contributed by atoms with Crippen LogP contribution in [0.1, 0.15) is 22.3 Å². The predicted octanol–water partition coefficient (Wildman–Crippen LogP) is 5.18. The molecule has 0 saturated carbocycles. The summed E-state index contributed by atoms with van der Waals surface area (Å²) < 4.78 is 2.79. The lowest BCUT2D eigenvalue weighted by atomic mass is 10.1. The van der Waals surface area contributed by atoms with Crippen molar-refractivity contribution in [3.05, 3.63) is 93.6 Å². The van der Waals surface area contributed by atoms with Gasteiger partial charge in [-0.1, -0.05) is 52.3 Å². The number of nitriles is 1. The van der Waals surface area contributed by atoms with E-state index >= 15 is 0 Å². The van der Waals surface area contributed by atoms with E-state index in [0.29, 0.717) is 5.56 Å². The average Bonchev–Trinajstić information content (AvgIpc) is 3.30. The number of nitrogens with zero attached hydrogens (tertiary/aromatic N) is 4. The largest absolute Gasteiger partial charge is 0.291 e. The number of hydrogen-bond donors (Lipinski definition) is 0. The monoisotopic (exact) mass is 428 g/mol. The van der Waals surface area contributed by atoms with Gasteiger partial charge in [0.25, 0.3) is 0 Å². The second-order valence-electron chi connectivity index (χ2n) is 7.15. The summed E-state index contributed by atoms with van der Waals surface area (Å²) in [5, 5.41) is 15.4. The molecule has 0 atom stereocenters. The highest BCUT2D eigenvalue weighted by Crippen LogP contribution is 2.26. The van der Waals surface area contributed by atoms with Crippen molar-refractivity contribution in [3.63, 3.8) is 0 Å². The highest BCUT2D eigenvalue weighted by molar-refractivity contribution is 9.10. The Kier molecular flexibility index (Phi) is 4.23. The highest BCUT2D eigenvalue weighted by atomic mass is 79.9. The summed E-state index contributed by atoms with van der Waals surface area (Å²) in [6.07, 6.45) is 1.97. The van der Waals surface area contributed by atoms with E-state index in [2.05, 4.69) is 62.3 Å². The zero-order valence-corrected chi connectivity index (χ0v) is 16.7. The third-order valence-corrected chi connectivity index (χ3v) is 5.70. The molecule has 0 bridgehead atoms. The van der Waals surface area contributed by atoms with E-state index in [9.17, 15) is 5.26 Å². The molecule has 28 heavy (non-hydrogen) atoms. The highest BCUT2D eigenvalue weighted by Gasteiger charge is 2.18. The summed E-state index contributed by atoms with van der Waals surface area (Å²) in [6, 6.07) is 23.0. The van der Waals surface area contributed by atoms with Gasteiger partial charge in [-0.15, -0.1) is 0 Å². The van der Waals surface area contributed by atoms with Gasteiger partial charge < -0.3 is 0 Å². The Morgan fingerprint density at radius 1 is 1.00 bits per heavy atom. The van der Waals surface area contributed by atoms with Crippen molar-refractivity contribution in [1.29, 1.82) is 5.26 Å². The summed E-state index contributed by atoms with van der Waals surface area (Å²) in [5.41, 5.74) is 6.29. The maximum Gasteiger partial charge on any atom is 0.101 e. The molecule has 4 nitrogen and oxygen atoms in total. The molecular formula is C23H17BrN4. The first-order valence-corrected chi connectivity index (χ1v) is 9.96. The van der Waals surface area contributed by atoms with Gasteiger partial charge in [0.2, 0.25) is 0 Å². The van der Waals surface area contributed by atoms with E-state index in [0.717, 1.165) is 46.3 Å². The molecule has 136 valence electrons. The number of halogens is 1. The van der Waals surface area contributed by atoms with Crippen LogP contribution in [0.15, 0.2) is 71.3 Å². The number of fused-ring (bicyclic) bond motifs is 2. The molecule has 0 spiro atoms. The third-order valence-electron chi connectivity index (χ3n) is 5.21. The molecule has 5 rings (SSSR count). The number of hydrogen-bond acceptors (Lipinski definition) is 3. The SMILES string of the molecule is N#Cc1cc(CN2Cc3ccccc3C2)ccc1-n1cc2ccc(Br)cc2n1. The minimum absolute atomic E-state index is 0.640. The Balaban J connectivity index is 1.43. The Hall–Kier alpha value is -2.94. The van der Waals surface area contributed by atoms with Gasteiger partial charge in [0, 0.05) is 35.7 Å². The molecule has 1 aromatic heterocycles. The zero-order chi connectivity index (χ0) is 19.1. The summed E-state index contributed by atoms with van der Waals surface area (Å²) in [4.78, 5) is 2.40. The lowest BCUT2D eigenvalue weighted by molar-refractivity contribution is 0.275. The molecule has 0 unspecified atom stereocenters. The second kappa shape index (κ2) is 6.90. The molecule has 2 heterocycles. The van der Waals surface area contributed by atoms with Crippen molar-refractivity contribution in [1.82, 2.24) is 14.7 Å². The number of aromatic nitrogens is 2. The van der Waals surface area contributed by atoms with Crippen molar-refractivity contribution in [2.75, 3.05) is 0 Å². The van der Waals surface area contributed by atoms with Crippen LogP contribution in [0.25, 0.3) is 16.6 Å². The fraction of sp³-hybridized carbons (Fsp3) is 0.130. The molecule has 1 aliphatic rings. The minimum atomic E-state index is 0.640. The Morgan fingerprint density at radius 2 is 1.79 bits per heavy atom. The molecule has 0 fully saturated rings. The van der Waals surface area contributed by atoms with E-state index < -0.39 is 0 Å². The summed E-state index contributed by atoms with van der Waals surface area (Å²) in [5.74, 6) is 0. The van der Waals surface area contributed by atoms with Gasteiger partial charge in [0.05, 0.1) is 16.8 Å². The predicted molar refractivity (Wildman–Crippen MR) is 113 cm³/mol. The molecule has 0 amide bonds. The van der Waals surface area contributed by atoms with Gasteiger partial charge in [0.1, 0.15) is 6.07 Å². The van der Waals surface area contributed by atoms with Crippen LogP contribution in [0.4, 0.5) is 0 Å². The molecule has 3 aromatic carbocycles. The molecule has 0 N–H and O–H groups in total. The van der Waals surface area contributed by atoms with Gasteiger partial charge >= 0.3 is 0 Å². The van der Waals surface area contributed by atoms with Crippen LogP contribution in [0, 0.1) is 11.3 Å². The topological polar surface area (TPSA) is 44.9 Å². The molecule has 0 radical (unpaired) electrons. The van der Waals surface area contributed by atoms with E-state index in [1.807, 2.05) is 36.5 Å². The van der Waals surface area contributed by atoms with Crippen molar-refractivity contribution in [2.45, 2.75) is 19.6 Å². The summed E-state index contributed by atoms with van der Waals surface area (Å²) >= 11 is 3.48. The van der Waals surface area contributed by atoms with E-state index in [1.54, 1.807) is 4.68 Å². The van der Waals surface area contributed by atoms with Crippen molar-refractivity contribution < 1.29 is 0 Å². The minimum Gasteiger partial charge on any atom is -0.291 e. The lowest BCUT2D eigenvalue weighted by Gasteiger charge is -2.15. The summed E-state index contributed by atoms with van der Waals surface area (Å²) in [7, 11) is 0. The fourth-order valence-corrected chi connectivity index (χ4v) is 4.21. The Morgan fingerprint density at radius 3 is 2.54 bits per heavy atom. The molecular weight excluding hydrogens is 412 g/mol. The van der Waals surface area contributed by atoms with Gasteiger partial charge in [-0.05, 0) is 41.0 Å². The van der Waals surface area contributed by atoms with Crippen molar-refractivity contribution in [3.8, 4) is 11.8 Å². The van der Waals surface area contributed by atoms with Gasteiger partial charge in [0.15, 0.2) is 0 Å². The Labute approximate surface area is 171 Å². The van der Waals surface area contributed by atoms with Crippen LogP contribution in [0.3, 0.4) is 0 Å². The zero-order valence-electron chi connectivity index (χ0n) is 15.1. The quantitative estimate of drug-likeness (QED) is 0.451. The van der Waals surface area contributed by atoms with Crippen LogP contribution in [-0.2, 0) is 19.6 Å². The average molecular weight is 429 g/mol. The molecule has 0 aliphatic carbocycles. The number of benzene rings is 3. The van der Waals surface area contributed by atoms with Crippen molar-refractivity contribution >= 4 is 26.8 Å². The van der Waals surface area contributed by atoms with Crippen LogP contribution >= 0.6 is 15.9 Å². The maximum absolute atomic E-state index is 9.71. The van der Waals surface area contributed by atoms with E-state index in [4.69, 9.17) is 0 Å². The first-order valence-electron chi connectivity index (χ1n) is 9.17. The maximum atomic E-state index is 9.71. The standard InChI is InChI=1S/C23H17BrN4/c24-21-7-6-19-15-28(26-22(19)10-21)23-8-5-16(9-20(23)11-25)12-27-13-17-3-1-2-4-18(17)14-27/h1-10,15H,12-14H2. The van der Waals surface area contributed by atoms with E-state index in [1.165, 1.54) is 11.1 Å². The van der Waals surface area contributed by atoms with Crippen LogP contribution in [0.5, 0.6) is 0 Å². The molecule has 5 heteroatoms. The normalized spacial score (nSPS) is 13.6. The van der Waals surface area contributed by atoms with E-state index in [-0.39, 0.29) is 0 Å². The van der Waals surface area contributed by atoms with Gasteiger partial charge in [-0.2, -0.15) is 10.4 Å². The smallest absolute Gasteiger partial charge is 0.101 e. The summed E-state index contributed by atoms with van der Waals surface area (Å²) in [6.45, 7) is 2.75. The molecule has 1 aliphatic heterocycles. The second-order valence-corrected chi connectivity index (χ2v) is 8.07. The van der Waals surface area contributed by atoms with Crippen molar-refractivity contribution in [2.24, 2.45) is 0 Å². The van der Waals surface area contributed by atoms with Crippen LogP contribution in [-0.4, -0.2) is 14.7 Å². The molecule has 4 aromatic rings. The fourth-order valence-electron chi connectivity index (χ4n) is 3.86. The first kappa shape index (κ1) is 17.2. The molecule has 0 saturated heterocycles. The van der Waals surface area contributed by atoms with Crippen LogP contribution in [0.2, 0.25) is 0 Å².